The molecule has 0 radical (unpaired) electrons. The van der Waals surface area contributed by atoms with Crippen LogP contribution in [0.1, 0.15) is 19.8 Å². The highest BCUT2D eigenvalue weighted by molar-refractivity contribution is 5.79. The molecule has 1 aliphatic rings. The molecule has 0 aromatic rings. The molecule has 0 aromatic heterocycles. The van der Waals surface area contributed by atoms with Crippen LogP contribution in [-0.4, -0.2) is 55.2 Å². The second-order valence-electron chi connectivity index (χ2n) is 4.47. The normalized spacial score (nSPS) is 22.5. The molecule has 0 saturated carbocycles. The maximum Gasteiger partial charge on any atom is 0.236 e. The molecule has 0 aliphatic carbocycles. The summed E-state index contributed by atoms with van der Waals surface area (Å²) in [5.74, 6) is 0.491. The first-order valence-corrected chi connectivity index (χ1v) is 5.43. The van der Waals surface area contributed by atoms with Crippen molar-refractivity contribution in [2.45, 2.75) is 19.8 Å². The van der Waals surface area contributed by atoms with E-state index in [0.717, 1.165) is 25.9 Å². The number of carbonyl (C=O) groups excluding carboxylic acids is 2. The van der Waals surface area contributed by atoms with Gasteiger partial charge in [-0.2, -0.15) is 0 Å². The van der Waals surface area contributed by atoms with E-state index >= 15 is 0 Å². The van der Waals surface area contributed by atoms with Gasteiger partial charge in [-0.1, -0.05) is 0 Å². The van der Waals surface area contributed by atoms with Crippen LogP contribution in [0.4, 0.5) is 0 Å². The number of Topliss-reactive ketones (excluding diaryl/α,β-unsaturated/α-hetero) is 1. The van der Waals surface area contributed by atoms with Crippen molar-refractivity contribution >= 4 is 11.7 Å². The van der Waals surface area contributed by atoms with E-state index in [4.69, 9.17) is 0 Å². The van der Waals surface area contributed by atoms with E-state index in [1.807, 2.05) is 0 Å². The Hall–Kier alpha value is -0.900. The molecular weight excluding hydrogens is 192 g/mol. The Balaban J connectivity index is 2.43. The molecule has 1 aliphatic heterocycles. The average molecular weight is 212 g/mol. The second kappa shape index (κ2) is 5.26. The van der Waals surface area contributed by atoms with Crippen molar-refractivity contribution in [2.75, 3.05) is 33.7 Å². The summed E-state index contributed by atoms with van der Waals surface area (Å²) in [6.45, 7) is 3.76. The van der Waals surface area contributed by atoms with Crippen LogP contribution in [0.5, 0.6) is 0 Å². The summed E-state index contributed by atoms with van der Waals surface area (Å²) in [7, 11) is 3.52. The fourth-order valence-corrected chi connectivity index (χ4v) is 1.86. The maximum absolute atomic E-state index is 11.5. The van der Waals surface area contributed by atoms with Crippen LogP contribution in [-0.2, 0) is 9.59 Å². The summed E-state index contributed by atoms with van der Waals surface area (Å²) in [4.78, 5) is 26.4. The minimum absolute atomic E-state index is 0.110. The molecule has 1 atom stereocenters. The molecule has 1 heterocycles. The monoisotopic (exact) mass is 212 g/mol. The van der Waals surface area contributed by atoms with Crippen LogP contribution < -0.4 is 0 Å². The van der Waals surface area contributed by atoms with Gasteiger partial charge in [0.25, 0.3) is 0 Å². The van der Waals surface area contributed by atoms with Gasteiger partial charge in [-0.3, -0.25) is 14.5 Å². The molecule has 1 fully saturated rings. The first-order valence-electron chi connectivity index (χ1n) is 5.43. The zero-order valence-electron chi connectivity index (χ0n) is 9.82. The lowest BCUT2D eigenvalue weighted by molar-refractivity contribution is -0.131. The smallest absolute Gasteiger partial charge is 0.236 e. The third-order valence-electron chi connectivity index (χ3n) is 2.94. The molecule has 4 heteroatoms. The Morgan fingerprint density at radius 3 is 2.60 bits per heavy atom. The van der Waals surface area contributed by atoms with Crippen molar-refractivity contribution in [3.63, 3.8) is 0 Å². The summed E-state index contributed by atoms with van der Waals surface area (Å²) in [5, 5.41) is 0. The Morgan fingerprint density at radius 2 is 2.07 bits per heavy atom. The highest BCUT2D eigenvalue weighted by Gasteiger charge is 2.24. The lowest BCUT2D eigenvalue weighted by atomic mass is 9.95. The SMILES string of the molecule is CC(=O)C1CCCN(CC(=O)N(C)C)C1. The number of likely N-dealkylation sites (tertiary alicyclic amines) is 1. The first-order chi connectivity index (χ1) is 7.00. The summed E-state index contributed by atoms with van der Waals surface area (Å²) in [5.41, 5.74) is 0. The van der Waals surface area contributed by atoms with E-state index in [0.29, 0.717) is 6.54 Å². The summed E-state index contributed by atoms with van der Waals surface area (Å²) in [6.07, 6.45) is 1.99. The van der Waals surface area contributed by atoms with Gasteiger partial charge in [0.2, 0.25) is 5.91 Å². The van der Waals surface area contributed by atoms with Gasteiger partial charge in [0.15, 0.2) is 0 Å². The number of hydrogen-bond donors (Lipinski definition) is 0. The standard InChI is InChI=1S/C11H20N2O2/c1-9(14)10-5-4-6-13(7-10)8-11(15)12(2)3/h10H,4-8H2,1-3H3. The van der Waals surface area contributed by atoms with E-state index < -0.39 is 0 Å². The van der Waals surface area contributed by atoms with Gasteiger partial charge in [0.05, 0.1) is 6.54 Å². The van der Waals surface area contributed by atoms with Gasteiger partial charge in [-0.15, -0.1) is 0 Å². The molecule has 0 bridgehead atoms. The Bertz CT molecular complexity index is 251. The molecule has 1 amide bonds. The predicted octanol–water partition coefficient (Wildman–Crippen LogP) is 0.376. The predicted molar refractivity (Wildman–Crippen MR) is 58.5 cm³/mol. The van der Waals surface area contributed by atoms with Crippen LogP contribution in [0.15, 0.2) is 0 Å². The first kappa shape index (κ1) is 12.2. The van der Waals surface area contributed by atoms with E-state index in [-0.39, 0.29) is 17.6 Å². The fourth-order valence-electron chi connectivity index (χ4n) is 1.86. The third kappa shape index (κ3) is 3.63. The van der Waals surface area contributed by atoms with E-state index in [1.54, 1.807) is 25.9 Å². The Labute approximate surface area is 91.2 Å². The number of carbonyl (C=O) groups is 2. The zero-order valence-corrected chi connectivity index (χ0v) is 9.82. The topological polar surface area (TPSA) is 40.6 Å². The number of nitrogens with zero attached hydrogens (tertiary/aromatic N) is 2. The largest absolute Gasteiger partial charge is 0.348 e. The van der Waals surface area contributed by atoms with Gasteiger partial charge in [-0.05, 0) is 26.3 Å². The minimum atomic E-state index is 0.110. The quantitative estimate of drug-likeness (QED) is 0.679. The molecule has 1 unspecified atom stereocenters. The Kier molecular flexibility index (Phi) is 4.27. The zero-order chi connectivity index (χ0) is 11.4. The van der Waals surface area contributed by atoms with Gasteiger partial charge in [0.1, 0.15) is 5.78 Å². The Morgan fingerprint density at radius 1 is 1.40 bits per heavy atom. The highest BCUT2D eigenvalue weighted by atomic mass is 16.2. The van der Waals surface area contributed by atoms with Crippen LogP contribution in [0, 0.1) is 5.92 Å². The number of likely N-dealkylation sites (N-methyl/N-ethyl adjacent to an activating group) is 1. The van der Waals surface area contributed by atoms with Gasteiger partial charge in [-0.25, -0.2) is 0 Å². The van der Waals surface area contributed by atoms with Crippen molar-refractivity contribution in [1.29, 1.82) is 0 Å². The van der Waals surface area contributed by atoms with Gasteiger partial charge >= 0.3 is 0 Å². The maximum atomic E-state index is 11.5. The second-order valence-corrected chi connectivity index (χ2v) is 4.47. The number of hydrogen-bond acceptors (Lipinski definition) is 3. The van der Waals surface area contributed by atoms with E-state index in [1.165, 1.54) is 0 Å². The van der Waals surface area contributed by atoms with Gasteiger partial charge < -0.3 is 4.90 Å². The van der Waals surface area contributed by atoms with Crippen LogP contribution >= 0.6 is 0 Å². The van der Waals surface area contributed by atoms with E-state index in [2.05, 4.69) is 4.90 Å². The van der Waals surface area contributed by atoms with Crippen molar-refractivity contribution in [3.8, 4) is 0 Å². The molecule has 0 N–H and O–H groups in total. The fraction of sp³-hybridized carbons (Fsp3) is 0.818. The van der Waals surface area contributed by atoms with Crippen LogP contribution in [0.2, 0.25) is 0 Å². The van der Waals surface area contributed by atoms with E-state index in [9.17, 15) is 9.59 Å². The molecule has 1 rings (SSSR count). The minimum Gasteiger partial charge on any atom is -0.348 e. The lowest BCUT2D eigenvalue weighted by Gasteiger charge is -2.31. The third-order valence-corrected chi connectivity index (χ3v) is 2.94. The van der Waals surface area contributed by atoms with Gasteiger partial charge in [0, 0.05) is 26.6 Å². The molecule has 0 aromatic carbocycles. The van der Waals surface area contributed by atoms with Crippen molar-refractivity contribution in [2.24, 2.45) is 5.92 Å². The highest BCUT2D eigenvalue weighted by Crippen LogP contribution is 2.16. The molecule has 4 nitrogen and oxygen atoms in total. The molecular formula is C11H20N2O2. The number of rotatable bonds is 3. The molecule has 0 spiro atoms. The van der Waals surface area contributed by atoms with Crippen molar-refractivity contribution in [3.05, 3.63) is 0 Å². The molecule has 15 heavy (non-hydrogen) atoms. The van der Waals surface area contributed by atoms with Crippen LogP contribution in [0.25, 0.3) is 0 Å². The van der Waals surface area contributed by atoms with Crippen molar-refractivity contribution in [1.82, 2.24) is 9.80 Å². The molecule has 1 saturated heterocycles. The van der Waals surface area contributed by atoms with Crippen LogP contribution in [0.3, 0.4) is 0 Å². The van der Waals surface area contributed by atoms with Crippen molar-refractivity contribution < 1.29 is 9.59 Å². The summed E-state index contributed by atoms with van der Waals surface area (Å²) >= 11 is 0. The number of piperidine rings is 1. The number of amides is 1. The molecule has 86 valence electrons. The number of ketones is 1. The summed E-state index contributed by atoms with van der Waals surface area (Å²) in [6, 6.07) is 0. The lowest BCUT2D eigenvalue weighted by Crippen LogP contribution is -2.43. The average Bonchev–Trinajstić information content (AvgIpc) is 2.18. The summed E-state index contributed by atoms with van der Waals surface area (Å²) < 4.78 is 0.